The molecule has 0 radical (unpaired) electrons. The molecule has 1 amide bonds. The fraction of sp³-hybridized carbons (Fsp3) is 0.583. The highest BCUT2D eigenvalue weighted by Crippen LogP contribution is 2.08. The van der Waals surface area contributed by atoms with Crippen LogP contribution in [0.2, 0.25) is 0 Å². The minimum Gasteiger partial charge on any atom is -0.395 e. The average molecular weight is 280 g/mol. The number of nitrogens with one attached hydrogen (secondary N) is 1. The zero-order chi connectivity index (χ0) is 14.4. The topological polar surface area (TPSA) is 108 Å². The van der Waals surface area contributed by atoms with Gasteiger partial charge in [-0.05, 0) is 25.1 Å². The van der Waals surface area contributed by atoms with Crippen LogP contribution in [0, 0.1) is 0 Å². The highest BCUT2D eigenvalue weighted by atomic mass is 16.3. The zero-order valence-corrected chi connectivity index (χ0v) is 11.3. The van der Waals surface area contributed by atoms with Crippen molar-refractivity contribution < 1.29 is 9.90 Å². The Labute approximate surface area is 117 Å². The number of amides is 1. The molecule has 0 aliphatic carbocycles. The highest BCUT2D eigenvalue weighted by molar-refractivity contribution is 5.92. The number of β-amino-alcohol motifs (C(OH)–C–C–N with tert-alkyl or cyclic N) is 1. The minimum atomic E-state index is -0.119. The number of hydrazine groups is 1. The van der Waals surface area contributed by atoms with Crippen molar-refractivity contribution in [3.05, 3.63) is 17.8 Å². The van der Waals surface area contributed by atoms with Gasteiger partial charge in [-0.1, -0.05) is 0 Å². The molecule has 8 nitrogen and oxygen atoms in total. The van der Waals surface area contributed by atoms with E-state index in [1.807, 2.05) is 0 Å². The largest absolute Gasteiger partial charge is 0.395 e. The first-order valence-corrected chi connectivity index (χ1v) is 6.67. The first-order chi connectivity index (χ1) is 9.74. The second kappa shape index (κ2) is 7.13. The van der Waals surface area contributed by atoms with Gasteiger partial charge in [0.15, 0.2) is 11.5 Å². The van der Waals surface area contributed by atoms with Crippen LogP contribution < -0.4 is 11.3 Å². The molecule has 0 atom stereocenters. The summed E-state index contributed by atoms with van der Waals surface area (Å²) in [5.74, 6) is 5.51. The summed E-state index contributed by atoms with van der Waals surface area (Å²) in [5, 5.41) is 16.6. The molecule has 1 fully saturated rings. The Morgan fingerprint density at radius 1 is 1.30 bits per heavy atom. The lowest BCUT2D eigenvalue weighted by molar-refractivity contribution is 0.0753. The van der Waals surface area contributed by atoms with Crippen LogP contribution >= 0.6 is 0 Å². The van der Waals surface area contributed by atoms with Gasteiger partial charge in [0.25, 0.3) is 5.91 Å². The molecule has 2 rings (SSSR count). The molecular weight excluding hydrogens is 260 g/mol. The van der Waals surface area contributed by atoms with Crippen molar-refractivity contribution >= 4 is 11.7 Å². The number of aliphatic hydroxyl groups excluding tert-OH is 1. The Hall–Kier alpha value is -1.77. The van der Waals surface area contributed by atoms with E-state index in [0.717, 1.165) is 19.5 Å². The fourth-order valence-corrected chi connectivity index (χ4v) is 2.22. The molecule has 1 saturated heterocycles. The van der Waals surface area contributed by atoms with Crippen molar-refractivity contribution in [1.29, 1.82) is 0 Å². The summed E-state index contributed by atoms with van der Waals surface area (Å²) in [5.41, 5.74) is 2.69. The lowest BCUT2D eigenvalue weighted by atomic mass is 10.3. The molecule has 0 unspecified atom stereocenters. The van der Waals surface area contributed by atoms with E-state index in [9.17, 15) is 4.79 Å². The zero-order valence-electron chi connectivity index (χ0n) is 11.3. The number of nitrogens with zero attached hydrogens (tertiary/aromatic N) is 4. The second-order valence-corrected chi connectivity index (χ2v) is 4.66. The SMILES string of the molecule is NNc1ccc(C(=O)N2CCCN(CCO)CC2)nn1. The number of carbonyl (C=O) groups is 1. The summed E-state index contributed by atoms with van der Waals surface area (Å²) in [4.78, 5) is 16.2. The number of aromatic nitrogens is 2. The Morgan fingerprint density at radius 2 is 2.15 bits per heavy atom. The van der Waals surface area contributed by atoms with E-state index in [1.165, 1.54) is 0 Å². The van der Waals surface area contributed by atoms with E-state index in [2.05, 4.69) is 20.5 Å². The second-order valence-electron chi connectivity index (χ2n) is 4.66. The van der Waals surface area contributed by atoms with Gasteiger partial charge in [-0.3, -0.25) is 9.69 Å². The Kier molecular flexibility index (Phi) is 5.22. The van der Waals surface area contributed by atoms with Crippen molar-refractivity contribution in [2.75, 3.05) is 44.8 Å². The van der Waals surface area contributed by atoms with Gasteiger partial charge < -0.3 is 15.4 Å². The van der Waals surface area contributed by atoms with Crippen LogP contribution in [-0.2, 0) is 0 Å². The number of hydrogen-bond acceptors (Lipinski definition) is 7. The van der Waals surface area contributed by atoms with Gasteiger partial charge in [-0.2, -0.15) is 0 Å². The van der Waals surface area contributed by atoms with Gasteiger partial charge in [0.2, 0.25) is 0 Å². The van der Waals surface area contributed by atoms with Gasteiger partial charge in [0, 0.05) is 26.2 Å². The third-order valence-corrected chi connectivity index (χ3v) is 3.32. The fourth-order valence-electron chi connectivity index (χ4n) is 2.22. The van der Waals surface area contributed by atoms with Gasteiger partial charge in [0.1, 0.15) is 0 Å². The number of hydrogen-bond donors (Lipinski definition) is 3. The molecule has 0 bridgehead atoms. The number of carbonyl (C=O) groups excluding carboxylic acids is 1. The first-order valence-electron chi connectivity index (χ1n) is 6.67. The van der Waals surface area contributed by atoms with Gasteiger partial charge in [0.05, 0.1) is 6.61 Å². The number of nitrogen functional groups attached to an aromatic ring is 1. The van der Waals surface area contributed by atoms with Gasteiger partial charge >= 0.3 is 0 Å². The van der Waals surface area contributed by atoms with Gasteiger partial charge in [-0.15, -0.1) is 10.2 Å². The molecule has 1 aromatic heterocycles. The van der Waals surface area contributed by atoms with Gasteiger partial charge in [-0.25, -0.2) is 5.84 Å². The number of aliphatic hydroxyl groups is 1. The number of nitrogens with two attached hydrogens (primary N) is 1. The third-order valence-electron chi connectivity index (χ3n) is 3.32. The number of anilines is 1. The van der Waals surface area contributed by atoms with E-state index >= 15 is 0 Å². The molecule has 110 valence electrons. The maximum atomic E-state index is 12.3. The quantitative estimate of drug-likeness (QED) is 0.475. The van der Waals surface area contributed by atoms with Crippen LogP contribution in [0.1, 0.15) is 16.9 Å². The summed E-state index contributed by atoms with van der Waals surface area (Å²) in [6.07, 6.45) is 0.890. The molecule has 0 spiro atoms. The molecule has 1 aliphatic heterocycles. The standard InChI is InChI=1S/C12H20N6O2/c13-14-11-3-2-10(15-16-11)12(20)18-5-1-4-17(6-7-18)8-9-19/h2-3,19H,1,4-9,13H2,(H,14,16). The van der Waals surface area contributed by atoms with Crippen LogP contribution in [0.25, 0.3) is 0 Å². The molecule has 1 aromatic rings. The Bertz CT molecular complexity index is 438. The summed E-state index contributed by atoms with van der Waals surface area (Å²) in [6, 6.07) is 3.23. The molecule has 1 aliphatic rings. The van der Waals surface area contributed by atoms with E-state index in [4.69, 9.17) is 10.9 Å². The lowest BCUT2D eigenvalue weighted by Gasteiger charge is -2.21. The Balaban J connectivity index is 1.97. The monoisotopic (exact) mass is 280 g/mol. The highest BCUT2D eigenvalue weighted by Gasteiger charge is 2.21. The summed E-state index contributed by atoms with van der Waals surface area (Å²) >= 11 is 0. The predicted molar refractivity (Wildman–Crippen MR) is 73.9 cm³/mol. The lowest BCUT2D eigenvalue weighted by Crippen LogP contribution is -2.36. The maximum Gasteiger partial charge on any atom is 0.274 e. The van der Waals surface area contributed by atoms with Crippen molar-refractivity contribution in [3.8, 4) is 0 Å². The predicted octanol–water partition coefficient (Wildman–Crippen LogP) is -1.10. The van der Waals surface area contributed by atoms with Crippen LogP contribution in [-0.4, -0.2) is 70.3 Å². The van der Waals surface area contributed by atoms with Crippen molar-refractivity contribution in [2.45, 2.75) is 6.42 Å². The maximum absolute atomic E-state index is 12.3. The van der Waals surface area contributed by atoms with E-state index in [-0.39, 0.29) is 12.5 Å². The molecule has 0 aromatic carbocycles. The van der Waals surface area contributed by atoms with Crippen LogP contribution in [0.15, 0.2) is 12.1 Å². The Morgan fingerprint density at radius 3 is 2.80 bits per heavy atom. The van der Waals surface area contributed by atoms with E-state index < -0.39 is 0 Å². The van der Waals surface area contributed by atoms with Crippen molar-refractivity contribution in [3.63, 3.8) is 0 Å². The molecule has 8 heteroatoms. The molecular formula is C12H20N6O2. The van der Waals surface area contributed by atoms with Crippen LogP contribution in [0.5, 0.6) is 0 Å². The average Bonchev–Trinajstić information content (AvgIpc) is 2.73. The smallest absolute Gasteiger partial charge is 0.274 e. The first kappa shape index (κ1) is 14.6. The third kappa shape index (κ3) is 3.62. The van der Waals surface area contributed by atoms with E-state index in [0.29, 0.717) is 31.1 Å². The molecule has 20 heavy (non-hydrogen) atoms. The minimum absolute atomic E-state index is 0.119. The normalized spacial score (nSPS) is 16.8. The summed E-state index contributed by atoms with van der Waals surface area (Å²) in [7, 11) is 0. The van der Waals surface area contributed by atoms with Crippen molar-refractivity contribution in [2.24, 2.45) is 5.84 Å². The van der Waals surface area contributed by atoms with E-state index in [1.54, 1.807) is 17.0 Å². The molecule has 0 saturated carbocycles. The van der Waals surface area contributed by atoms with Crippen LogP contribution in [0.4, 0.5) is 5.82 Å². The number of rotatable bonds is 4. The summed E-state index contributed by atoms with van der Waals surface area (Å²) < 4.78 is 0. The van der Waals surface area contributed by atoms with Crippen LogP contribution in [0.3, 0.4) is 0 Å². The molecule has 2 heterocycles. The summed E-state index contributed by atoms with van der Waals surface area (Å²) in [6.45, 7) is 3.79. The molecule has 4 N–H and O–H groups in total. The van der Waals surface area contributed by atoms with Crippen molar-refractivity contribution in [1.82, 2.24) is 20.0 Å².